The van der Waals surface area contributed by atoms with Crippen molar-refractivity contribution in [1.82, 2.24) is 16.0 Å². The summed E-state index contributed by atoms with van der Waals surface area (Å²) in [6, 6.07) is 0. The van der Waals surface area contributed by atoms with Crippen LogP contribution in [0.1, 0.15) is 67.7 Å². The monoisotopic (exact) mass is 313 g/mol. The molecule has 0 saturated heterocycles. The SMILES string of the molecule is C=C(NC(C)(C)CCCNCCC(C)(C)NC)OC(C)(C)C. The van der Waals surface area contributed by atoms with E-state index in [2.05, 4.69) is 50.2 Å². The Morgan fingerprint density at radius 1 is 0.909 bits per heavy atom. The number of rotatable bonds is 11. The van der Waals surface area contributed by atoms with E-state index in [1.807, 2.05) is 27.8 Å². The van der Waals surface area contributed by atoms with Gasteiger partial charge < -0.3 is 20.7 Å². The molecule has 0 saturated carbocycles. The largest absolute Gasteiger partial charge is 0.474 e. The van der Waals surface area contributed by atoms with Crippen LogP contribution in [0.15, 0.2) is 12.5 Å². The van der Waals surface area contributed by atoms with Crippen LogP contribution in [0.3, 0.4) is 0 Å². The summed E-state index contributed by atoms with van der Waals surface area (Å²) in [6.45, 7) is 21.0. The average Bonchev–Trinajstić information content (AvgIpc) is 2.30. The van der Waals surface area contributed by atoms with Crippen molar-refractivity contribution in [2.24, 2.45) is 0 Å². The number of nitrogens with one attached hydrogen (secondary N) is 3. The van der Waals surface area contributed by atoms with Gasteiger partial charge in [-0.2, -0.15) is 0 Å². The van der Waals surface area contributed by atoms with Gasteiger partial charge in [0.1, 0.15) is 5.60 Å². The van der Waals surface area contributed by atoms with Crippen LogP contribution in [-0.4, -0.2) is 36.8 Å². The molecular weight excluding hydrogens is 274 g/mol. The van der Waals surface area contributed by atoms with Gasteiger partial charge in [0.05, 0.1) is 0 Å². The Balaban J connectivity index is 3.87. The molecule has 0 aromatic heterocycles. The van der Waals surface area contributed by atoms with Crippen LogP contribution in [0, 0.1) is 0 Å². The van der Waals surface area contributed by atoms with E-state index in [4.69, 9.17) is 4.74 Å². The van der Waals surface area contributed by atoms with Crippen LogP contribution in [0.25, 0.3) is 0 Å². The number of hydrogen-bond donors (Lipinski definition) is 3. The summed E-state index contributed by atoms with van der Waals surface area (Å²) in [5, 5.41) is 10.2. The van der Waals surface area contributed by atoms with Crippen molar-refractivity contribution in [2.45, 2.75) is 84.4 Å². The van der Waals surface area contributed by atoms with Gasteiger partial charge in [-0.1, -0.05) is 0 Å². The standard InChI is InChI=1S/C18H39N3O/c1-15(22-16(2,3)4)21-18(7,8)11-10-13-20-14-12-17(5,6)19-9/h19-21H,1,10-14H2,2-9H3. The molecule has 0 atom stereocenters. The summed E-state index contributed by atoms with van der Waals surface area (Å²) in [5.74, 6) is 0.654. The van der Waals surface area contributed by atoms with Gasteiger partial charge in [0.2, 0.25) is 0 Å². The third kappa shape index (κ3) is 11.9. The molecule has 0 rings (SSSR count). The van der Waals surface area contributed by atoms with E-state index in [0.29, 0.717) is 5.88 Å². The zero-order valence-electron chi connectivity index (χ0n) is 16.2. The molecule has 0 bridgehead atoms. The Bertz CT molecular complexity index is 330. The van der Waals surface area contributed by atoms with E-state index in [9.17, 15) is 0 Å². The summed E-state index contributed by atoms with van der Waals surface area (Å²) in [6.07, 6.45) is 3.33. The number of hydrogen-bond acceptors (Lipinski definition) is 4. The Morgan fingerprint density at radius 3 is 2.00 bits per heavy atom. The molecule has 4 heteroatoms. The molecule has 4 nitrogen and oxygen atoms in total. The fourth-order valence-corrected chi connectivity index (χ4v) is 2.14. The maximum Gasteiger partial charge on any atom is 0.180 e. The Hall–Kier alpha value is -0.740. The number of ether oxygens (including phenoxy) is 1. The average molecular weight is 314 g/mol. The van der Waals surface area contributed by atoms with Gasteiger partial charge >= 0.3 is 0 Å². The minimum atomic E-state index is -0.207. The van der Waals surface area contributed by atoms with Crippen molar-refractivity contribution in [1.29, 1.82) is 0 Å². The van der Waals surface area contributed by atoms with Crippen molar-refractivity contribution in [2.75, 3.05) is 20.1 Å². The summed E-state index contributed by atoms with van der Waals surface area (Å²) in [5.41, 5.74) is -0.00798. The van der Waals surface area contributed by atoms with Crippen LogP contribution < -0.4 is 16.0 Å². The molecule has 0 fully saturated rings. The summed E-state index contributed by atoms with van der Waals surface area (Å²) in [4.78, 5) is 0. The first kappa shape index (κ1) is 21.3. The third-order valence-electron chi connectivity index (χ3n) is 3.67. The third-order valence-corrected chi connectivity index (χ3v) is 3.67. The smallest absolute Gasteiger partial charge is 0.180 e. The second kappa shape index (κ2) is 8.78. The quantitative estimate of drug-likeness (QED) is 0.404. The van der Waals surface area contributed by atoms with Crippen molar-refractivity contribution in [3.05, 3.63) is 12.5 Å². The maximum atomic E-state index is 5.74. The molecule has 0 aliphatic carbocycles. The lowest BCUT2D eigenvalue weighted by Gasteiger charge is -2.32. The first-order chi connectivity index (χ1) is 9.87. The topological polar surface area (TPSA) is 45.3 Å². The van der Waals surface area contributed by atoms with Crippen LogP contribution in [0.2, 0.25) is 0 Å². The molecule has 132 valence electrons. The van der Waals surface area contributed by atoms with Gasteiger partial charge in [0.15, 0.2) is 5.88 Å². The molecule has 0 aromatic rings. The van der Waals surface area contributed by atoms with Gasteiger partial charge in [-0.15, -0.1) is 0 Å². The lowest BCUT2D eigenvalue weighted by Crippen LogP contribution is -2.41. The predicted octanol–water partition coefficient (Wildman–Crippen LogP) is 3.40. The van der Waals surface area contributed by atoms with Gasteiger partial charge in [-0.3, -0.25) is 0 Å². The van der Waals surface area contributed by atoms with Gasteiger partial charge in [-0.05, 0) is 94.4 Å². The van der Waals surface area contributed by atoms with Gasteiger partial charge in [0, 0.05) is 11.1 Å². The molecule has 0 aliphatic rings. The second-order valence-corrected chi connectivity index (χ2v) is 8.38. The lowest BCUT2D eigenvalue weighted by atomic mass is 9.98. The zero-order chi connectivity index (χ0) is 17.4. The molecule has 22 heavy (non-hydrogen) atoms. The molecule has 0 aromatic carbocycles. The van der Waals surface area contributed by atoms with Crippen molar-refractivity contribution < 1.29 is 4.74 Å². The van der Waals surface area contributed by atoms with E-state index >= 15 is 0 Å². The highest BCUT2D eigenvalue weighted by molar-refractivity contribution is 4.92. The molecule has 0 aliphatic heterocycles. The highest BCUT2D eigenvalue weighted by Gasteiger charge is 2.20. The Morgan fingerprint density at radius 2 is 1.50 bits per heavy atom. The van der Waals surface area contributed by atoms with E-state index in [1.165, 1.54) is 0 Å². The fourth-order valence-electron chi connectivity index (χ4n) is 2.14. The summed E-state index contributed by atoms with van der Waals surface area (Å²) in [7, 11) is 2.01. The molecule has 0 unspecified atom stereocenters. The van der Waals surface area contributed by atoms with Crippen LogP contribution in [0.4, 0.5) is 0 Å². The maximum absolute atomic E-state index is 5.74. The molecule has 3 N–H and O–H groups in total. The zero-order valence-corrected chi connectivity index (χ0v) is 16.2. The Labute approximate surface area is 138 Å². The first-order valence-corrected chi connectivity index (χ1v) is 8.43. The fraction of sp³-hybridized carbons (Fsp3) is 0.889. The molecular formula is C18H39N3O. The van der Waals surface area contributed by atoms with Crippen molar-refractivity contribution >= 4 is 0 Å². The molecule has 0 spiro atoms. The van der Waals surface area contributed by atoms with Crippen LogP contribution in [0.5, 0.6) is 0 Å². The molecule has 0 heterocycles. The van der Waals surface area contributed by atoms with Crippen LogP contribution in [-0.2, 0) is 4.74 Å². The summed E-state index contributed by atoms with van der Waals surface area (Å²) >= 11 is 0. The van der Waals surface area contributed by atoms with Crippen LogP contribution >= 0.6 is 0 Å². The van der Waals surface area contributed by atoms with E-state index in [0.717, 1.165) is 32.4 Å². The van der Waals surface area contributed by atoms with E-state index in [-0.39, 0.29) is 16.7 Å². The minimum Gasteiger partial charge on any atom is -0.474 e. The second-order valence-electron chi connectivity index (χ2n) is 8.38. The highest BCUT2D eigenvalue weighted by atomic mass is 16.5. The minimum absolute atomic E-state index is 0.00570. The Kier molecular flexibility index (Phi) is 8.48. The van der Waals surface area contributed by atoms with E-state index in [1.54, 1.807) is 0 Å². The predicted molar refractivity (Wildman–Crippen MR) is 97.1 cm³/mol. The lowest BCUT2D eigenvalue weighted by molar-refractivity contribution is 0.0333. The molecule has 0 amide bonds. The normalized spacial score (nSPS) is 13.1. The van der Waals surface area contributed by atoms with Crippen molar-refractivity contribution in [3.63, 3.8) is 0 Å². The van der Waals surface area contributed by atoms with Gasteiger partial charge in [0.25, 0.3) is 0 Å². The van der Waals surface area contributed by atoms with Crippen molar-refractivity contribution in [3.8, 4) is 0 Å². The van der Waals surface area contributed by atoms with Gasteiger partial charge in [-0.25, -0.2) is 0 Å². The highest BCUT2D eigenvalue weighted by Crippen LogP contribution is 2.17. The van der Waals surface area contributed by atoms with E-state index < -0.39 is 0 Å². The first-order valence-electron chi connectivity index (χ1n) is 8.43. The molecule has 0 radical (unpaired) electrons. The summed E-state index contributed by atoms with van der Waals surface area (Å²) < 4.78 is 5.74.